The number of aliphatic imine (C=N–C) groups is 1. The molecule has 1 aliphatic heterocycles. The number of nitrogens with zero attached hydrogens (tertiary/aromatic N) is 3. The van der Waals surface area contributed by atoms with Crippen LogP contribution in [0.2, 0.25) is 4.34 Å². The Morgan fingerprint density at radius 3 is 2.46 bits per heavy atom. The first kappa shape index (κ1) is 23.4. The van der Waals surface area contributed by atoms with Crippen molar-refractivity contribution in [3.05, 3.63) is 56.7 Å². The van der Waals surface area contributed by atoms with Crippen molar-refractivity contribution in [2.75, 3.05) is 32.7 Å². The fourth-order valence-electron chi connectivity index (χ4n) is 3.23. The summed E-state index contributed by atoms with van der Waals surface area (Å²) < 4.78 is 0.855. The molecule has 8 heteroatoms. The lowest BCUT2D eigenvalue weighted by atomic mass is 10.1. The SMILES string of the molecule is CCNC(=NCc1ccccc1CO)N1CCN(Cc2ccc(Cl)s2)CC1.I. The molecule has 1 aromatic carbocycles. The first-order chi connectivity index (χ1) is 13.2. The summed E-state index contributed by atoms with van der Waals surface area (Å²) in [5, 5.41) is 12.9. The van der Waals surface area contributed by atoms with Crippen LogP contribution in [0, 0.1) is 0 Å². The average molecular weight is 535 g/mol. The van der Waals surface area contributed by atoms with Gasteiger partial charge in [-0.15, -0.1) is 35.3 Å². The zero-order valence-electron chi connectivity index (χ0n) is 16.1. The summed E-state index contributed by atoms with van der Waals surface area (Å²) in [5.41, 5.74) is 2.01. The van der Waals surface area contributed by atoms with Gasteiger partial charge in [-0.1, -0.05) is 35.9 Å². The van der Waals surface area contributed by atoms with Crippen LogP contribution >= 0.6 is 46.9 Å². The number of aliphatic hydroxyl groups is 1. The predicted molar refractivity (Wildman–Crippen MR) is 129 cm³/mol. The lowest BCUT2D eigenvalue weighted by molar-refractivity contribution is 0.173. The number of nitrogens with one attached hydrogen (secondary N) is 1. The fourth-order valence-corrected chi connectivity index (χ4v) is 4.36. The van der Waals surface area contributed by atoms with Gasteiger partial charge in [0, 0.05) is 44.1 Å². The van der Waals surface area contributed by atoms with Crippen molar-refractivity contribution in [2.24, 2.45) is 4.99 Å². The second-order valence-corrected chi connectivity index (χ2v) is 8.37. The number of rotatable bonds is 6. The maximum atomic E-state index is 9.50. The molecule has 0 bridgehead atoms. The molecule has 1 fully saturated rings. The van der Waals surface area contributed by atoms with E-state index < -0.39 is 0 Å². The largest absolute Gasteiger partial charge is 0.392 e. The minimum Gasteiger partial charge on any atom is -0.392 e. The summed E-state index contributed by atoms with van der Waals surface area (Å²) >= 11 is 7.70. The Morgan fingerprint density at radius 2 is 1.86 bits per heavy atom. The van der Waals surface area contributed by atoms with Crippen molar-refractivity contribution in [2.45, 2.75) is 26.6 Å². The molecule has 0 spiro atoms. The highest BCUT2D eigenvalue weighted by Gasteiger charge is 2.20. The van der Waals surface area contributed by atoms with E-state index in [1.165, 1.54) is 4.88 Å². The molecule has 2 N–H and O–H groups in total. The maximum absolute atomic E-state index is 9.50. The Morgan fingerprint density at radius 1 is 1.14 bits per heavy atom. The summed E-state index contributed by atoms with van der Waals surface area (Å²) in [6.07, 6.45) is 0. The third kappa shape index (κ3) is 6.59. The van der Waals surface area contributed by atoms with Gasteiger partial charge in [-0.3, -0.25) is 4.90 Å². The molecule has 3 rings (SSSR count). The number of hydrogen-bond donors (Lipinski definition) is 2. The third-order valence-electron chi connectivity index (χ3n) is 4.70. The molecule has 0 saturated carbocycles. The van der Waals surface area contributed by atoms with E-state index in [2.05, 4.69) is 28.1 Å². The fraction of sp³-hybridized carbons (Fsp3) is 0.450. The van der Waals surface area contributed by atoms with Crippen LogP contribution in [0.1, 0.15) is 22.9 Å². The summed E-state index contributed by atoms with van der Waals surface area (Å²) in [7, 11) is 0. The van der Waals surface area contributed by atoms with E-state index in [4.69, 9.17) is 16.6 Å². The Labute approximate surface area is 193 Å². The predicted octanol–water partition coefficient (Wildman–Crippen LogP) is 3.80. The number of halogens is 2. The summed E-state index contributed by atoms with van der Waals surface area (Å²) in [5.74, 6) is 0.948. The molecule has 0 unspecified atom stereocenters. The van der Waals surface area contributed by atoms with Crippen LogP contribution in [0.3, 0.4) is 0 Å². The monoisotopic (exact) mass is 534 g/mol. The second-order valence-electron chi connectivity index (χ2n) is 6.57. The molecule has 5 nitrogen and oxygen atoms in total. The van der Waals surface area contributed by atoms with Crippen LogP contribution in [0.5, 0.6) is 0 Å². The minimum absolute atomic E-state index is 0. The lowest BCUT2D eigenvalue weighted by Gasteiger charge is -2.36. The normalized spacial score (nSPS) is 15.4. The van der Waals surface area contributed by atoms with Crippen LogP contribution < -0.4 is 5.32 Å². The number of hydrogen-bond acceptors (Lipinski definition) is 4. The Hall–Kier alpha value is -0.870. The van der Waals surface area contributed by atoms with E-state index in [-0.39, 0.29) is 30.6 Å². The van der Waals surface area contributed by atoms with E-state index >= 15 is 0 Å². The Bertz CT molecular complexity index is 762. The standard InChI is InChI=1S/C20H27ClN4OS.HI/c1-2-22-20(23-13-16-5-3-4-6-17(16)15-26)25-11-9-24(10-12-25)14-18-7-8-19(21)27-18;/h3-8,26H,2,9-15H2,1H3,(H,22,23);1H. The van der Waals surface area contributed by atoms with E-state index in [0.717, 1.165) is 60.7 Å². The van der Waals surface area contributed by atoms with Crippen molar-refractivity contribution in [3.63, 3.8) is 0 Å². The van der Waals surface area contributed by atoms with Gasteiger partial charge in [-0.25, -0.2) is 4.99 Å². The van der Waals surface area contributed by atoms with Gasteiger partial charge in [0.1, 0.15) is 0 Å². The van der Waals surface area contributed by atoms with Crippen LogP contribution in [-0.2, 0) is 19.7 Å². The maximum Gasteiger partial charge on any atom is 0.194 e. The highest BCUT2D eigenvalue weighted by Crippen LogP contribution is 2.23. The molecule has 2 aromatic rings. The topological polar surface area (TPSA) is 51.1 Å². The molecule has 0 radical (unpaired) electrons. The van der Waals surface area contributed by atoms with Crippen molar-refractivity contribution in [1.82, 2.24) is 15.1 Å². The Kier molecular flexibility index (Phi) is 10.0. The number of piperazine rings is 1. The first-order valence-corrected chi connectivity index (χ1v) is 10.6. The van der Waals surface area contributed by atoms with Gasteiger partial charge in [-0.2, -0.15) is 0 Å². The van der Waals surface area contributed by atoms with Gasteiger partial charge in [0.15, 0.2) is 5.96 Å². The number of benzene rings is 1. The highest BCUT2D eigenvalue weighted by atomic mass is 127. The van der Waals surface area contributed by atoms with Crippen molar-refractivity contribution in [1.29, 1.82) is 0 Å². The quantitative estimate of drug-likeness (QED) is 0.336. The van der Waals surface area contributed by atoms with E-state index in [9.17, 15) is 5.11 Å². The average Bonchev–Trinajstić information content (AvgIpc) is 3.10. The van der Waals surface area contributed by atoms with Crippen molar-refractivity contribution in [3.8, 4) is 0 Å². The summed E-state index contributed by atoms with van der Waals surface area (Å²) in [4.78, 5) is 10.9. The summed E-state index contributed by atoms with van der Waals surface area (Å²) in [6.45, 7) is 8.44. The number of thiophene rings is 1. The van der Waals surface area contributed by atoms with E-state index in [1.54, 1.807) is 11.3 Å². The zero-order chi connectivity index (χ0) is 19.1. The van der Waals surface area contributed by atoms with Gasteiger partial charge in [0.2, 0.25) is 0 Å². The van der Waals surface area contributed by atoms with Gasteiger partial charge in [0.25, 0.3) is 0 Å². The van der Waals surface area contributed by atoms with Crippen molar-refractivity contribution >= 4 is 52.9 Å². The molecule has 0 amide bonds. The van der Waals surface area contributed by atoms with Crippen LogP contribution in [0.15, 0.2) is 41.4 Å². The van der Waals surface area contributed by atoms with E-state index in [0.29, 0.717) is 6.54 Å². The lowest BCUT2D eigenvalue weighted by Crippen LogP contribution is -2.52. The molecule has 1 aromatic heterocycles. The van der Waals surface area contributed by atoms with Gasteiger partial charge in [-0.05, 0) is 30.2 Å². The molecular formula is C20H28ClIN4OS. The van der Waals surface area contributed by atoms with Gasteiger partial charge >= 0.3 is 0 Å². The zero-order valence-corrected chi connectivity index (χ0v) is 20.0. The van der Waals surface area contributed by atoms with Gasteiger partial charge < -0.3 is 15.3 Å². The van der Waals surface area contributed by atoms with Crippen molar-refractivity contribution < 1.29 is 5.11 Å². The van der Waals surface area contributed by atoms with Crippen LogP contribution in [0.25, 0.3) is 0 Å². The molecule has 2 heterocycles. The minimum atomic E-state index is 0. The molecule has 0 aliphatic carbocycles. The number of aliphatic hydroxyl groups excluding tert-OH is 1. The van der Waals surface area contributed by atoms with Crippen LogP contribution in [-0.4, -0.2) is 53.6 Å². The smallest absolute Gasteiger partial charge is 0.194 e. The third-order valence-corrected chi connectivity index (χ3v) is 5.92. The molecule has 28 heavy (non-hydrogen) atoms. The Balaban J connectivity index is 0.00000280. The number of guanidine groups is 1. The highest BCUT2D eigenvalue weighted by molar-refractivity contribution is 14.0. The molecule has 0 atom stereocenters. The molecular weight excluding hydrogens is 507 g/mol. The molecule has 154 valence electrons. The van der Waals surface area contributed by atoms with Crippen LogP contribution in [0.4, 0.5) is 0 Å². The second kappa shape index (κ2) is 12.0. The molecule has 1 aliphatic rings. The van der Waals surface area contributed by atoms with E-state index in [1.807, 2.05) is 30.3 Å². The first-order valence-electron chi connectivity index (χ1n) is 9.37. The summed E-state index contributed by atoms with van der Waals surface area (Å²) in [6, 6.07) is 12.0. The van der Waals surface area contributed by atoms with Gasteiger partial charge in [0.05, 0.1) is 17.5 Å². The molecule has 1 saturated heterocycles.